The van der Waals surface area contributed by atoms with Gasteiger partial charge in [-0.15, -0.1) is 24.8 Å². The summed E-state index contributed by atoms with van der Waals surface area (Å²) in [6, 6.07) is 9.26. The Hall–Kier alpha value is -0.263. The van der Waals surface area contributed by atoms with E-state index in [0.29, 0.717) is 6.04 Å². The molecule has 2 rings (SSSR count). The van der Waals surface area contributed by atoms with Crippen molar-refractivity contribution in [3.63, 3.8) is 0 Å². The average molecular weight is 393 g/mol. The van der Waals surface area contributed by atoms with Crippen LogP contribution in [0.4, 0.5) is 0 Å². The quantitative estimate of drug-likeness (QED) is 0.748. The Kier molecular flexibility index (Phi) is 9.34. The van der Waals surface area contributed by atoms with Crippen LogP contribution in [0.3, 0.4) is 0 Å². The van der Waals surface area contributed by atoms with Crippen molar-refractivity contribution in [3.05, 3.63) is 29.8 Å². The molecule has 0 saturated carbocycles. The van der Waals surface area contributed by atoms with Crippen LogP contribution in [-0.2, 0) is 0 Å². The molecule has 140 valence electrons. The van der Waals surface area contributed by atoms with Crippen molar-refractivity contribution < 1.29 is 4.43 Å². The minimum atomic E-state index is -1.53. The van der Waals surface area contributed by atoms with Crippen LogP contribution >= 0.6 is 24.8 Å². The Balaban J connectivity index is 0.00000264. The van der Waals surface area contributed by atoms with Crippen molar-refractivity contribution in [1.29, 1.82) is 0 Å². The number of piperazine rings is 1. The smallest absolute Gasteiger partial charge is 0.242 e. The van der Waals surface area contributed by atoms with Crippen molar-refractivity contribution in [2.75, 3.05) is 26.2 Å². The zero-order chi connectivity index (χ0) is 16.4. The number of rotatable bonds is 4. The molecule has 1 atom stereocenters. The average Bonchev–Trinajstić information content (AvgIpc) is 2.39. The summed E-state index contributed by atoms with van der Waals surface area (Å²) in [7, 11) is -1.53. The van der Waals surface area contributed by atoms with E-state index in [1.807, 2.05) is 0 Å². The molecule has 0 spiro atoms. The van der Waals surface area contributed by atoms with Crippen LogP contribution in [0.2, 0.25) is 19.6 Å². The van der Waals surface area contributed by atoms with Gasteiger partial charge in [-0.3, -0.25) is 4.90 Å². The first-order valence-electron chi connectivity index (χ1n) is 8.40. The third-order valence-corrected chi connectivity index (χ3v) is 4.80. The molecular weight excluding hydrogens is 359 g/mol. The van der Waals surface area contributed by atoms with Gasteiger partial charge in [0.05, 0.1) is 0 Å². The second-order valence-electron chi connectivity index (χ2n) is 8.34. The molecule has 1 aromatic rings. The van der Waals surface area contributed by atoms with Gasteiger partial charge in [0.15, 0.2) is 0 Å². The predicted octanol–water partition coefficient (Wildman–Crippen LogP) is 4.74. The Morgan fingerprint density at radius 2 is 1.50 bits per heavy atom. The number of hydrogen-bond acceptors (Lipinski definition) is 3. The maximum atomic E-state index is 6.08. The van der Waals surface area contributed by atoms with E-state index >= 15 is 0 Å². The summed E-state index contributed by atoms with van der Waals surface area (Å²) in [4.78, 5) is 2.62. The van der Waals surface area contributed by atoms with Gasteiger partial charge in [0.1, 0.15) is 5.75 Å². The second-order valence-corrected chi connectivity index (χ2v) is 12.8. The van der Waals surface area contributed by atoms with Crippen molar-refractivity contribution in [1.82, 2.24) is 10.2 Å². The molecule has 0 aliphatic carbocycles. The maximum Gasteiger partial charge on any atom is 0.242 e. The Bertz CT molecular complexity index is 477. The van der Waals surface area contributed by atoms with E-state index in [-0.39, 0.29) is 30.2 Å². The SMILES string of the molecule is CC(C)(C)[C@@H](c1ccc(O[Si](C)(C)C)cc1)N1CCNCC1.Cl.Cl. The third-order valence-electron chi connectivity index (χ3n) is 3.96. The van der Waals surface area contributed by atoms with Crippen LogP contribution in [0.5, 0.6) is 5.75 Å². The molecule has 1 aromatic carbocycles. The lowest BCUT2D eigenvalue weighted by Crippen LogP contribution is -2.48. The van der Waals surface area contributed by atoms with E-state index in [0.717, 1.165) is 31.9 Å². The van der Waals surface area contributed by atoms with Crippen molar-refractivity contribution in [2.45, 2.75) is 46.5 Å². The molecule has 24 heavy (non-hydrogen) atoms. The molecule has 1 N–H and O–H groups in total. The lowest BCUT2D eigenvalue weighted by atomic mass is 9.81. The molecule has 1 aliphatic rings. The fourth-order valence-corrected chi connectivity index (χ4v) is 4.11. The summed E-state index contributed by atoms with van der Waals surface area (Å²) in [6.07, 6.45) is 0. The van der Waals surface area contributed by atoms with Crippen LogP contribution in [0.1, 0.15) is 32.4 Å². The van der Waals surface area contributed by atoms with Gasteiger partial charge in [-0.2, -0.15) is 0 Å². The molecule has 0 aromatic heterocycles. The summed E-state index contributed by atoms with van der Waals surface area (Å²) in [5.74, 6) is 1.01. The largest absolute Gasteiger partial charge is 0.544 e. The van der Waals surface area contributed by atoms with E-state index < -0.39 is 8.32 Å². The van der Waals surface area contributed by atoms with Gasteiger partial charge in [-0.25, -0.2) is 0 Å². The van der Waals surface area contributed by atoms with Crippen LogP contribution in [-0.4, -0.2) is 39.4 Å². The van der Waals surface area contributed by atoms with E-state index in [1.54, 1.807) is 0 Å². The molecule has 6 heteroatoms. The summed E-state index contributed by atoms with van der Waals surface area (Å²) in [6.45, 7) is 18.1. The summed E-state index contributed by atoms with van der Waals surface area (Å²) < 4.78 is 6.08. The van der Waals surface area contributed by atoms with Crippen LogP contribution in [0, 0.1) is 5.41 Å². The fourth-order valence-electron chi connectivity index (χ4n) is 3.27. The highest BCUT2D eigenvalue weighted by atomic mass is 35.5. The highest BCUT2D eigenvalue weighted by molar-refractivity contribution is 6.70. The van der Waals surface area contributed by atoms with Crippen molar-refractivity contribution >= 4 is 33.1 Å². The van der Waals surface area contributed by atoms with Gasteiger partial charge >= 0.3 is 0 Å². The number of hydrogen-bond donors (Lipinski definition) is 1. The number of nitrogens with one attached hydrogen (secondary N) is 1. The van der Waals surface area contributed by atoms with E-state index in [2.05, 4.69) is 74.9 Å². The standard InChI is InChI=1S/C18H32N2OSi.2ClH/c1-18(2,3)17(20-13-11-19-12-14-20)15-7-9-16(10-8-15)21-22(4,5)6;;/h7-10,17,19H,11-14H2,1-6H3;2*1H/t17-;;/m1../s1. The van der Waals surface area contributed by atoms with Crippen LogP contribution in [0.15, 0.2) is 24.3 Å². The first-order chi connectivity index (χ1) is 10.2. The number of nitrogens with zero attached hydrogens (tertiary/aromatic N) is 1. The number of benzene rings is 1. The van der Waals surface area contributed by atoms with Gasteiger partial charge in [0, 0.05) is 32.2 Å². The molecule has 0 unspecified atom stereocenters. The summed E-state index contributed by atoms with van der Waals surface area (Å²) in [5.41, 5.74) is 1.62. The minimum absolute atomic E-state index is 0. The van der Waals surface area contributed by atoms with Crippen molar-refractivity contribution in [2.24, 2.45) is 5.41 Å². The normalized spacial score (nSPS) is 17.4. The fraction of sp³-hybridized carbons (Fsp3) is 0.667. The second kappa shape index (κ2) is 9.44. The van der Waals surface area contributed by atoms with Gasteiger partial charge in [0.2, 0.25) is 8.32 Å². The van der Waals surface area contributed by atoms with Gasteiger partial charge in [-0.1, -0.05) is 32.9 Å². The molecule has 0 bridgehead atoms. The Labute approximate surface area is 161 Å². The maximum absolute atomic E-state index is 6.08. The lowest BCUT2D eigenvalue weighted by Gasteiger charge is -2.42. The zero-order valence-electron chi connectivity index (χ0n) is 15.9. The highest BCUT2D eigenvalue weighted by Gasteiger charge is 2.32. The van der Waals surface area contributed by atoms with Crippen LogP contribution in [0.25, 0.3) is 0 Å². The lowest BCUT2D eigenvalue weighted by molar-refractivity contribution is 0.0862. The summed E-state index contributed by atoms with van der Waals surface area (Å²) in [5, 5.41) is 3.45. The first kappa shape index (κ1) is 23.7. The topological polar surface area (TPSA) is 24.5 Å². The van der Waals surface area contributed by atoms with Gasteiger partial charge < -0.3 is 9.74 Å². The molecule has 1 heterocycles. The molecular formula is C18H34Cl2N2OSi. The van der Waals surface area contributed by atoms with E-state index in [4.69, 9.17) is 4.43 Å². The predicted molar refractivity (Wildman–Crippen MR) is 112 cm³/mol. The first-order valence-corrected chi connectivity index (χ1v) is 11.8. The van der Waals surface area contributed by atoms with Gasteiger partial charge in [0.25, 0.3) is 0 Å². The Morgan fingerprint density at radius 1 is 1.00 bits per heavy atom. The highest BCUT2D eigenvalue weighted by Crippen LogP contribution is 2.38. The monoisotopic (exact) mass is 392 g/mol. The summed E-state index contributed by atoms with van der Waals surface area (Å²) >= 11 is 0. The number of halogens is 2. The molecule has 1 saturated heterocycles. The zero-order valence-corrected chi connectivity index (χ0v) is 18.5. The van der Waals surface area contributed by atoms with Crippen LogP contribution < -0.4 is 9.74 Å². The third kappa shape index (κ3) is 6.93. The molecule has 3 nitrogen and oxygen atoms in total. The van der Waals surface area contributed by atoms with E-state index in [9.17, 15) is 0 Å². The van der Waals surface area contributed by atoms with Crippen molar-refractivity contribution in [3.8, 4) is 5.75 Å². The molecule has 1 fully saturated rings. The van der Waals surface area contributed by atoms with E-state index in [1.165, 1.54) is 5.56 Å². The molecule has 0 amide bonds. The Morgan fingerprint density at radius 3 is 1.92 bits per heavy atom. The minimum Gasteiger partial charge on any atom is -0.544 e. The molecule has 1 aliphatic heterocycles. The molecule has 0 radical (unpaired) electrons. The van der Waals surface area contributed by atoms with Gasteiger partial charge in [-0.05, 0) is 42.8 Å².